The maximum absolute atomic E-state index is 12.6. The maximum atomic E-state index is 12.6. The minimum absolute atomic E-state index is 0.116. The van der Waals surface area contributed by atoms with E-state index in [9.17, 15) is 8.78 Å². The minimum atomic E-state index is -2.99. The number of hydrogen-bond acceptors (Lipinski definition) is 7. The highest BCUT2D eigenvalue weighted by atomic mass is 19.3. The molecule has 2 saturated carbocycles. The number of aliphatic imine (C=N–C) groups is 1. The van der Waals surface area contributed by atoms with Crippen molar-refractivity contribution in [3.05, 3.63) is 17.8 Å². The number of nitrogens with two attached hydrogens (primary N) is 1. The predicted octanol–water partition coefficient (Wildman–Crippen LogP) is 3.62. The molecule has 176 valence electrons. The molecule has 0 bridgehead atoms. The third-order valence-corrected chi connectivity index (χ3v) is 7.37. The summed E-state index contributed by atoms with van der Waals surface area (Å²) >= 11 is 0. The van der Waals surface area contributed by atoms with E-state index in [0.717, 1.165) is 31.6 Å². The number of alkyl halides is 2. The normalized spacial score (nSPS) is 30.5. The molecule has 2 heterocycles. The van der Waals surface area contributed by atoms with Gasteiger partial charge >= 0.3 is 6.61 Å². The number of ether oxygens (including phenoxy) is 2. The lowest BCUT2D eigenvalue weighted by Crippen LogP contribution is -2.56. The van der Waals surface area contributed by atoms with Crippen molar-refractivity contribution in [2.75, 3.05) is 25.9 Å². The van der Waals surface area contributed by atoms with Crippen molar-refractivity contribution in [2.45, 2.75) is 64.8 Å². The summed E-state index contributed by atoms with van der Waals surface area (Å²) in [4.78, 5) is 11.4. The van der Waals surface area contributed by atoms with Crippen molar-refractivity contribution in [1.82, 2.24) is 9.88 Å². The number of fused-ring (bicyclic) bond motifs is 1. The highest BCUT2D eigenvalue weighted by molar-refractivity contribution is 6.12. The molecule has 1 aliphatic heterocycles. The van der Waals surface area contributed by atoms with Crippen molar-refractivity contribution < 1.29 is 18.3 Å². The lowest BCUT2D eigenvalue weighted by atomic mass is 9.91. The Morgan fingerprint density at radius 2 is 2.12 bits per heavy atom. The van der Waals surface area contributed by atoms with Gasteiger partial charge in [0.1, 0.15) is 0 Å². The van der Waals surface area contributed by atoms with Crippen LogP contribution >= 0.6 is 0 Å². The van der Waals surface area contributed by atoms with Crippen LogP contribution < -0.4 is 10.5 Å². The number of nitrogens with one attached hydrogen (secondary N) is 1. The van der Waals surface area contributed by atoms with Gasteiger partial charge in [-0.3, -0.25) is 9.89 Å². The average Bonchev–Trinajstić information content (AvgIpc) is 3.07. The summed E-state index contributed by atoms with van der Waals surface area (Å²) < 4.78 is 35.2. The van der Waals surface area contributed by atoms with E-state index in [1.807, 2.05) is 13.8 Å². The van der Waals surface area contributed by atoms with Crippen LogP contribution in [0.3, 0.4) is 0 Å². The van der Waals surface area contributed by atoms with Crippen LogP contribution in [0.15, 0.2) is 17.3 Å². The standard InChI is InChI=1S/C23H33F2N5O2/c1-12(2)29-18(7-17(26)13-5-19(32-22(24)25)21(27)28-9-13)20-16-6-14(8-23(16,20)3)30-10-15(11-30)31-4/h5,9,12,14-16,20,22,26H,6-8,10-11H2,1-4H3,(H2,27,28). The summed E-state index contributed by atoms with van der Waals surface area (Å²) in [5, 5.41) is 8.61. The van der Waals surface area contributed by atoms with Gasteiger partial charge in [0.15, 0.2) is 11.6 Å². The van der Waals surface area contributed by atoms with Gasteiger partial charge in [-0.05, 0) is 44.1 Å². The number of halogens is 2. The van der Waals surface area contributed by atoms with Crippen molar-refractivity contribution >= 4 is 17.2 Å². The highest BCUT2D eigenvalue weighted by Gasteiger charge is 2.68. The molecule has 3 fully saturated rings. The van der Waals surface area contributed by atoms with Crippen molar-refractivity contribution in [2.24, 2.45) is 22.2 Å². The summed E-state index contributed by atoms with van der Waals surface area (Å²) in [5.41, 5.74) is 7.58. The average molecular weight is 450 g/mol. The molecular formula is C23H33F2N5O2. The lowest BCUT2D eigenvalue weighted by Gasteiger charge is -2.43. The molecule has 7 nitrogen and oxygen atoms in total. The number of methoxy groups -OCH3 is 1. The second kappa shape index (κ2) is 8.67. The number of pyridine rings is 1. The molecular weight excluding hydrogens is 416 g/mol. The Labute approximate surface area is 187 Å². The van der Waals surface area contributed by atoms with Crippen LogP contribution in [0.25, 0.3) is 0 Å². The van der Waals surface area contributed by atoms with Crippen LogP contribution in [0.5, 0.6) is 5.75 Å². The van der Waals surface area contributed by atoms with Gasteiger partial charge in [0.25, 0.3) is 0 Å². The fraction of sp³-hybridized carbons (Fsp3) is 0.696. The first-order valence-corrected chi connectivity index (χ1v) is 11.2. The molecule has 32 heavy (non-hydrogen) atoms. The highest BCUT2D eigenvalue weighted by Crippen LogP contribution is 2.69. The van der Waals surface area contributed by atoms with Gasteiger partial charge in [-0.2, -0.15) is 8.78 Å². The van der Waals surface area contributed by atoms with Crippen LogP contribution in [0.1, 0.15) is 45.6 Å². The van der Waals surface area contributed by atoms with Gasteiger partial charge in [-0.25, -0.2) is 4.98 Å². The Balaban J connectivity index is 1.44. The molecule has 4 rings (SSSR count). The molecule has 0 aromatic carbocycles. The fourth-order valence-corrected chi connectivity index (χ4v) is 5.70. The SMILES string of the molecule is COC1CN(C2CC3C(C(CC(=N)c4cnc(N)c(OC(F)F)c4)=NC(C)C)C3(C)C2)C1. The maximum Gasteiger partial charge on any atom is 0.387 e. The number of nitrogens with zero attached hydrogens (tertiary/aromatic N) is 3. The summed E-state index contributed by atoms with van der Waals surface area (Å²) in [7, 11) is 1.77. The first kappa shape index (κ1) is 23.0. The van der Waals surface area contributed by atoms with E-state index in [-0.39, 0.29) is 28.7 Å². The molecule has 1 aromatic heterocycles. The molecule has 0 amide bonds. The summed E-state index contributed by atoms with van der Waals surface area (Å²) in [6.07, 6.45) is 4.46. The van der Waals surface area contributed by atoms with E-state index in [2.05, 4.69) is 21.5 Å². The molecule has 1 aromatic rings. The zero-order chi connectivity index (χ0) is 23.2. The fourth-order valence-electron chi connectivity index (χ4n) is 5.70. The van der Waals surface area contributed by atoms with Gasteiger partial charge in [0.2, 0.25) is 0 Å². The number of hydrogen-bond donors (Lipinski definition) is 2. The van der Waals surface area contributed by atoms with Crippen LogP contribution in [-0.2, 0) is 4.74 Å². The Morgan fingerprint density at radius 1 is 1.41 bits per heavy atom. The van der Waals surface area contributed by atoms with Crippen LogP contribution in [-0.4, -0.2) is 66.3 Å². The first-order valence-electron chi connectivity index (χ1n) is 11.2. The van der Waals surface area contributed by atoms with E-state index in [1.54, 1.807) is 7.11 Å². The Hall–Kier alpha value is -2.13. The van der Waals surface area contributed by atoms with E-state index < -0.39 is 6.61 Å². The Bertz CT molecular complexity index is 902. The quantitative estimate of drug-likeness (QED) is 0.562. The zero-order valence-electron chi connectivity index (χ0n) is 19.1. The molecule has 4 unspecified atom stereocenters. The number of rotatable bonds is 9. The van der Waals surface area contributed by atoms with Crippen LogP contribution in [0.4, 0.5) is 14.6 Å². The van der Waals surface area contributed by atoms with Crippen molar-refractivity contribution in [3.63, 3.8) is 0 Å². The zero-order valence-corrected chi connectivity index (χ0v) is 19.1. The molecule has 1 saturated heterocycles. The third kappa shape index (κ3) is 4.37. The molecule has 3 aliphatic rings. The Morgan fingerprint density at radius 3 is 2.69 bits per heavy atom. The second-order valence-corrected chi connectivity index (χ2v) is 9.85. The van der Waals surface area contributed by atoms with E-state index in [0.29, 0.717) is 36.0 Å². The molecule has 4 atom stereocenters. The summed E-state index contributed by atoms with van der Waals surface area (Å²) in [6, 6.07) is 2.09. The summed E-state index contributed by atoms with van der Waals surface area (Å²) in [5.74, 6) is 0.614. The number of anilines is 1. The minimum Gasteiger partial charge on any atom is -0.431 e. The van der Waals surface area contributed by atoms with E-state index >= 15 is 0 Å². The van der Waals surface area contributed by atoms with E-state index in [1.165, 1.54) is 12.3 Å². The van der Waals surface area contributed by atoms with Gasteiger partial charge in [0.05, 0.1) is 6.10 Å². The number of aromatic nitrogens is 1. The number of likely N-dealkylation sites (tertiary alicyclic amines) is 1. The van der Waals surface area contributed by atoms with Crippen molar-refractivity contribution in [3.8, 4) is 5.75 Å². The van der Waals surface area contributed by atoms with Gasteiger partial charge < -0.3 is 20.6 Å². The molecule has 3 N–H and O–H groups in total. The number of nitrogen functional groups attached to an aromatic ring is 1. The van der Waals surface area contributed by atoms with Gasteiger partial charge in [-0.1, -0.05) is 6.92 Å². The van der Waals surface area contributed by atoms with Gasteiger partial charge in [0, 0.05) is 67.8 Å². The van der Waals surface area contributed by atoms with Crippen molar-refractivity contribution in [1.29, 1.82) is 5.41 Å². The topological polar surface area (TPSA) is 96.8 Å². The monoisotopic (exact) mass is 449 g/mol. The largest absolute Gasteiger partial charge is 0.431 e. The van der Waals surface area contributed by atoms with Crippen LogP contribution in [0.2, 0.25) is 0 Å². The molecule has 9 heteroatoms. The molecule has 2 aliphatic carbocycles. The smallest absolute Gasteiger partial charge is 0.387 e. The first-order chi connectivity index (χ1) is 15.1. The third-order valence-electron chi connectivity index (χ3n) is 7.37. The van der Waals surface area contributed by atoms with Crippen LogP contribution in [0, 0.1) is 22.7 Å². The summed E-state index contributed by atoms with van der Waals surface area (Å²) in [6.45, 7) is 5.45. The second-order valence-electron chi connectivity index (χ2n) is 9.85. The Kier molecular flexibility index (Phi) is 6.24. The van der Waals surface area contributed by atoms with E-state index in [4.69, 9.17) is 20.9 Å². The predicted molar refractivity (Wildman–Crippen MR) is 120 cm³/mol. The lowest BCUT2D eigenvalue weighted by molar-refractivity contribution is -0.0527. The molecule has 0 radical (unpaired) electrons. The van der Waals surface area contributed by atoms with Gasteiger partial charge in [-0.15, -0.1) is 0 Å². The molecule has 0 spiro atoms.